The van der Waals surface area contributed by atoms with Crippen molar-refractivity contribution in [1.82, 2.24) is 5.32 Å². The van der Waals surface area contributed by atoms with Gasteiger partial charge >= 0.3 is 0 Å². The second-order valence-electron chi connectivity index (χ2n) is 6.75. The van der Waals surface area contributed by atoms with Crippen LogP contribution < -0.4 is 15.0 Å². The molecular weight excluding hydrogens is 400 g/mol. The number of anilines is 1. The molecule has 1 heterocycles. The van der Waals surface area contributed by atoms with Gasteiger partial charge in [-0.3, -0.25) is 19.8 Å². The van der Waals surface area contributed by atoms with Gasteiger partial charge in [0.15, 0.2) is 16.6 Å². The van der Waals surface area contributed by atoms with E-state index in [4.69, 9.17) is 17.0 Å². The maximum absolute atomic E-state index is 13.2. The van der Waals surface area contributed by atoms with Crippen molar-refractivity contribution in [1.29, 1.82) is 0 Å². The van der Waals surface area contributed by atoms with Crippen molar-refractivity contribution in [3.8, 4) is 11.5 Å². The molecule has 0 atom stereocenters. The van der Waals surface area contributed by atoms with Gasteiger partial charge in [0.25, 0.3) is 11.8 Å². The zero-order chi connectivity index (χ0) is 21.8. The number of hydrogen-bond donors (Lipinski definition) is 2. The normalized spacial score (nSPS) is 15.3. The lowest BCUT2D eigenvalue weighted by atomic mass is 10.0. The molecule has 0 spiro atoms. The molecule has 1 fully saturated rings. The molecular formula is C23H22N2O4S. The van der Waals surface area contributed by atoms with Crippen LogP contribution in [0.2, 0.25) is 0 Å². The molecule has 1 saturated heterocycles. The number of nitrogens with one attached hydrogen (secondary N) is 1. The SMILES string of the molecule is C=CCc1cc(/C=C2\C(=O)NC(=S)N(c3cccc(C)c3)C2=O)cc(OCC)c1O. The lowest BCUT2D eigenvalue weighted by Crippen LogP contribution is -2.54. The number of hydrogen-bond acceptors (Lipinski definition) is 5. The number of nitrogens with zero attached hydrogens (tertiary/aromatic N) is 1. The lowest BCUT2D eigenvalue weighted by molar-refractivity contribution is -0.122. The van der Waals surface area contributed by atoms with Crippen molar-refractivity contribution in [2.45, 2.75) is 20.3 Å². The molecule has 2 amide bonds. The van der Waals surface area contributed by atoms with Gasteiger partial charge in [-0.15, -0.1) is 6.58 Å². The van der Waals surface area contributed by atoms with E-state index in [1.807, 2.05) is 25.1 Å². The Morgan fingerprint density at radius 1 is 1.27 bits per heavy atom. The fourth-order valence-electron chi connectivity index (χ4n) is 3.17. The van der Waals surface area contributed by atoms with Gasteiger partial charge in [-0.25, -0.2) is 0 Å². The van der Waals surface area contributed by atoms with Crippen molar-refractivity contribution in [2.75, 3.05) is 11.5 Å². The van der Waals surface area contributed by atoms with E-state index in [-0.39, 0.29) is 22.2 Å². The van der Waals surface area contributed by atoms with Crippen LogP contribution in [0, 0.1) is 6.92 Å². The van der Waals surface area contributed by atoms with Crippen molar-refractivity contribution in [3.05, 3.63) is 71.3 Å². The number of benzene rings is 2. The minimum atomic E-state index is -0.579. The van der Waals surface area contributed by atoms with E-state index in [9.17, 15) is 14.7 Å². The van der Waals surface area contributed by atoms with Gasteiger partial charge in [0.05, 0.1) is 12.3 Å². The molecule has 2 aromatic carbocycles. The summed E-state index contributed by atoms with van der Waals surface area (Å²) in [7, 11) is 0. The van der Waals surface area contributed by atoms with E-state index in [1.165, 1.54) is 11.0 Å². The molecule has 2 aromatic rings. The van der Waals surface area contributed by atoms with Crippen LogP contribution in [0.1, 0.15) is 23.6 Å². The number of allylic oxidation sites excluding steroid dienone is 1. The molecule has 154 valence electrons. The van der Waals surface area contributed by atoms with Crippen LogP contribution in [0.3, 0.4) is 0 Å². The summed E-state index contributed by atoms with van der Waals surface area (Å²) in [5, 5.41) is 13.0. The Kier molecular flexibility index (Phi) is 6.32. The molecule has 0 aliphatic carbocycles. The molecule has 6 nitrogen and oxygen atoms in total. The monoisotopic (exact) mass is 422 g/mol. The number of phenols is 1. The average Bonchev–Trinajstić information content (AvgIpc) is 2.69. The number of aryl methyl sites for hydroxylation is 1. The number of aromatic hydroxyl groups is 1. The highest BCUT2D eigenvalue weighted by Crippen LogP contribution is 2.33. The van der Waals surface area contributed by atoms with Crippen LogP contribution in [0.25, 0.3) is 6.08 Å². The smallest absolute Gasteiger partial charge is 0.270 e. The molecule has 0 bridgehead atoms. The highest BCUT2D eigenvalue weighted by Gasteiger charge is 2.34. The van der Waals surface area contributed by atoms with Crippen molar-refractivity contribution in [3.63, 3.8) is 0 Å². The molecule has 1 aliphatic heterocycles. The van der Waals surface area contributed by atoms with E-state index in [1.54, 1.807) is 31.2 Å². The number of amides is 2. The molecule has 3 rings (SSSR count). The van der Waals surface area contributed by atoms with Crippen molar-refractivity contribution >= 4 is 40.9 Å². The summed E-state index contributed by atoms with van der Waals surface area (Å²) in [6.45, 7) is 7.76. The van der Waals surface area contributed by atoms with Gasteiger partial charge in [-0.2, -0.15) is 0 Å². The number of ether oxygens (including phenoxy) is 1. The first-order chi connectivity index (χ1) is 14.3. The minimum Gasteiger partial charge on any atom is -0.504 e. The zero-order valence-corrected chi connectivity index (χ0v) is 17.6. The van der Waals surface area contributed by atoms with E-state index < -0.39 is 11.8 Å². The second kappa shape index (κ2) is 8.92. The lowest BCUT2D eigenvalue weighted by Gasteiger charge is -2.29. The number of carbonyl (C=O) groups excluding carboxylic acids is 2. The first kappa shape index (κ1) is 21.3. The fourth-order valence-corrected chi connectivity index (χ4v) is 3.46. The number of carbonyl (C=O) groups is 2. The van der Waals surface area contributed by atoms with Crippen LogP contribution in [-0.4, -0.2) is 28.6 Å². The summed E-state index contributed by atoms with van der Waals surface area (Å²) < 4.78 is 5.50. The van der Waals surface area contributed by atoms with Crippen LogP contribution in [0.4, 0.5) is 5.69 Å². The molecule has 0 radical (unpaired) electrons. The van der Waals surface area contributed by atoms with Gasteiger partial charge in [0, 0.05) is 5.56 Å². The predicted molar refractivity (Wildman–Crippen MR) is 121 cm³/mol. The third kappa shape index (κ3) is 4.26. The van der Waals surface area contributed by atoms with Crippen LogP contribution in [-0.2, 0) is 16.0 Å². The van der Waals surface area contributed by atoms with Crippen LogP contribution in [0.15, 0.2) is 54.6 Å². The first-order valence-electron chi connectivity index (χ1n) is 9.43. The average molecular weight is 423 g/mol. The summed E-state index contributed by atoms with van der Waals surface area (Å²) in [6.07, 6.45) is 3.53. The zero-order valence-electron chi connectivity index (χ0n) is 16.8. The fraction of sp³-hybridized carbons (Fsp3) is 0.174. The molecule has 1 aliphatic rings. The highest BCUT2D eigenvalue weighted by molar-refractivity contribution is 7.80. The maximum Gasteiger partial charge on any atom is 0.270 e. The summed E-state index contributed by atoms with van der Waals surface area (Å²) in [4.78, 5) is 27.0. The Balaban J connectivity index is 2.07. The maximum atomic E-state index is 13.2. The van der Waals surface area contributed by atoms with Gasteiger partial charge in [0.2, 0.25) is 0 Å². The Hall–Kier alpha value is -3.45. The topological polar surface area (TPSA) is 78.9 Å². The quantitative estimate of drug-likeness (QED) is 0.322. The highest BCUT2D eigenvalue weighted by atomic mass is 32.1. The molecule has 7 heteroatoms. The van der Waals surface area contributed by atoms with E-state index >= 15 is 0 Å². The molecule has 30 heavy (non-hydrogen) atoms. The molecule has 0 unspecified atom stereocenters. The number of phenolic OH excluding ortho intramolecular Hbond substituents is 1. The van der Waals surface area contributed by atoms with Crippen LogP contribution in [0.5, 0.6) is 11.5 Å². The summed E-state index contributed by atoms with van der Waals surface area (Å²) in [5.74, 6) is -0.810. The number of thiocarbonyl (C=S) groups is 1. The van der Waals surface area contributed by atoms with E-state index in [0.29, 0.717) is 29.8 Å². The summed E-state index contributed by atoms with van der Waals surface area (Å²) in [6, 6.07) is 10.6. The second-order valence-corrected chi connectivity index (χ2v) is 7.14. The predicted octanol–water partition coefficient (Wildman–Crippen LogP) is 3.66. The van der Waals surface area contributed by atoms with Gasteiger partial charge in [0.1, 0.15) is 5.57 Å². The van der Waals surface area contributed by atoms with Gasteiger partial charge < -0.3 is 9.84 Å². The van der Waals surface area contributed by atoms with E-state index in [2.05, 4.69) is 11.9 Å². The molecule has 2 N–H and O–H groups in total. The van der Waals surface area contributed by atoms with Gasteiger partial charge in [-0.05, 0) is 74.0 Å². The summed E-state index contributed by atoms with van der Waals surface area (Å²) in [5.41, 5.74) is 2.59. The molecule has 0 saturated carbocycles. The van der Waals surface area contributed by atoms with Crippen LogP contribution >= 0.6 is 12.2 Å². The molecule has 0 aromatic heterocycles. The van der Waals surface area contributed by atoms with Crippen molar-refractivity contribution in [2.24, 2.45) is 0 Å². The Morgan fingerprint density at radius 2 is 2.03 bits per heavy atom. The minimum absolute atomic E-state index is 0.0147. The first-order valence-corrected chi connectivity index (χ1v) is 9.84. The third-order valence-corrected chi connectivity index (χ3v) is 4.80. The Morgan fingerprint density at radius 3 is 2.70 bits per heavy atom. The standard InChI is InChI=1S/C23H22N2O4S/c1-4-7-16-11-15(13-19(20(16)26)29-5-2)12-18-21(27)24-23(30)25(22(18)28)17-9-6-8-14(3)10-17/h4,6,8-13,26H,1,5,7H2,2-3H3,(H,24,27,30)/b18-12+. The van der Waals surface area contributed by atoms with E-state index in [0.717, 1.165) is 5.56 Å². The Labute approximate surface area is 180 Å². The van der Waals surface area contributed by atoms with Crippen molar-refractivity contribution < 1.29 is 19.4 Å². The van der Waals surface area contributed by atoms with Gasteiger partial charge in [-0.1, -0.05) is 18.2 Å². The largest absolute Gasteiger partial charge is 0.504 e. The third-order valence-electron chi connectivity index (χ3n) is 4.51. The Bertz CT molecular complexity index is 1070. The summed E-state index contributed by atoms with van der Waals surface area (Å²) >= 11 is 5.23. The number of rotatable bonds is 6.